The molecule has 0 spiro atoms. The van der Waals surface area contributed by atoms with Gasteiger partial charge in [-0.2, -0.15) is 0 Å². The van der Waals surface area contributed by atoms with Gasteiger partial charge in [0.1, 0.15) is 4.88 Å². The van der Waals surface area contributed by atoms with Gasteiger partial charge in [0.05, 0.1) is 12.3 Å². The van der Waals surface area contributed by atoms with Crippen LogP contribution in [0.3, 0.4) is 0 Å². The van der Waals surface area contributed by atoms with E-state index in [4.69, 9.17) is 5.11 Å². The highest BCUT2D eigenvalue weighted by Gasteiger charge is 2.13. The molecule has 0 aromatic carbocycles. The summed E-state index contributed by atoms with van der Waals surface area (Å²) in [5, 5.41) is 13.2. The van der Waals surface area contributed by atoms with E-state index in [9.17, 15) is 4.79 Å². The first-order valence-corrected chi connectivity index (χ1v) is 5.81. The number of carbonyl (C=O) groups is 1. The lowest BCUT2D eigenvalue weighted by molar-refractivity contribution is 0.0949. The third-order valence-corrected chi connectivity index (χ3v) is 3.03. The second-order valence-corrected chi connectivity index (χ2v) is 4.12. The van der Waals surface area contributed by atoms with Gasteiger partial charge in [0.2, 0.25) is 0 Å². The SMILES string of the molecule is O=C(NCCO)c1sccc1-n1cccc1. The number of carbonyl (C=O) groups excluding carboxylic acids is 1. The Hall–Kier alpha value is -1.59. The average molecular weight is 236 g/mol. The van der Waals surface area contributed by atoms with Crippen molar-refractivity contribution in [1.82, 2.24) is 9.88 Å². The van der Waals surface area contributed by atoms with Crippen LogP contribution in [0.2, 0.25) is 0 Å². The monoisotopic (exact) mass is 236 g/mol. The number of nitrogens with zero attached hydrogens (tertiary/aromatic N) is 1. The number of amides is 1. The molecule has 2 rings (SSSR count). The Morgan fingerprint density at radius 3 is 2.88 bits per heavy atom. The van der Waals surface area contributed by atoms with Gasteiger partial charge in [-0.3, -0.25) is 4.79 Å². The molecular formula is C11H12N2O2S. The molecule has 4 nitrogen and oxygen atoms in total. The third kappa shape index (κ3) is 2.15. The van der Waals surface area contributed by atoms with Crippen LogP contribution >= 0.6 is 11.3 Å². The molecule has 0 saturated carbocycles. The summed E-state index contributed by atoms with van der Waals surface area (Å²) >= 11 is 1.39. The Kier molecular flexibility index (Phi) is 3.38. The van der Waals surface area contributed by atoms with Crippen LogP contribution in [-0.4, -0.2) is 28.7 Å². The second kappa shape index (κ2) is 4.96. The van der Waals surface area contributed by atoms with Crippen molar-refractivity contribution in [1.29, 1.82) is 0 Å². The largest absolute Gasteiger partial charge is 0.395 e. The number of aromatic nitrogens is 1. The molecule has 0 fully saturated rings. The van der Waals surface area contributed by atoms with Crippen molar-refractivity contribution in [2.75, 3.05) is 13.2 Å². The number of aliphatic hydroxyl groups is 1. The van der Waals surface area contributed by atoms with Crippen molar-refractivity contribution in [3.8, 4) is 5.69 Å². The molecule has 0 aliphatic carbocycles. The fraction of sp³-hybridized carbons (Fsp3) is 0.182. The summed E-state index contributed by atoms with van der Waals surface area (Å²) in [6.45, 7) is 0.234. The van der Waals surface area contributed by atoms with E-state index in [1.54, 1.807) is 0 Å². The van der Waals surface area contributed by atoms with E-state index in [1.165, 1.54) is 11.3 Å². The van der Waals surface area contributed by atoms with Gasteiger partial charge in [0, 0.05) is 18.9 Å². The predicted molar refractivity (Wildman–Crippen MR) is 63.1 cm³/mol. The van der Waals surface area contributed by atoms with Crippen LogP contribution in [0, 0.1) is 0 Å². The number of hydrogen-bond donors (Lipinski definition) is 2. The van der Waals surface area contributed by atoms with E-state index in [2.05, 4.69) is 5.32 Å². The van der Waals surface area contributed by atoms with Gasteiger partial charge in [-0.15, -0.1) is 11.3 Å². The van der Waals surface area contributed by atoms with Crippen LogP contribution in [0.4, 0.5) is 0 Å². The number of thiophene rings is 1. The van der Waals surface area contributed by atoms with Gasteiger partial charge in [-0.1, -0.05) is 0 Å². The van der Waals surface area contributed by atoms with Crippen LogP contribution in [0.1, 0.15) is 9.67 Å². The maximum absolute atomic E-state index is 11.8. The quantitative estimate of drug-likeness (QED) is 0.839. The minimum absolute atomic E-state index is 0.0457. The molecule has 16 heavy (non-hydrogen) atoms. The highest BCUT2D eigenvalue weighted by molar-refractivity contribution is 7.12. The molecule has 1 amide bonds. The van der Waals surface area contributed by atoms with Crippen molar-refractivity contribution in [3.63, 3.8) is 0 Å². The minimum Gasteiger partial charge on any atom is -0.395 e. The molecule has 2 aromatic heterocycles. The molecule has 5 heteroatoms. The Bertz CT molecular complexity index is 462. The van der Waals surface area contributed by atoms with Crippen LogP contribution in [0.15, 0.2) is 36.0 Å². The normalized spacial score (nSPS) is 10.3. The van der Waals surface area contributed by atoms with Crippen molar-refractivity contribution >= 4 is 17.2 Å². The lowest BCUT2D eigenvalue weighted by Gasteiger charge is -2.05. The zero-order chi connectivity index (χ0) is 11.4. The molecule has 0 atom stereocenters. The van der Waals surface area contributed by atoms with E-state index in [-0.39, 0.29) is 19.1 Å². The van der Waals surface area contributed by atoms with E-state index in [0.29, 0.717) is 4.88 Å². The Labute approximate surface area is 97.1 Å². The fourth-order valence-corrected chi connectivity index (χ4v) is 2.23. The van der Waals surface area contributed by atoms with E-state index in [1.807, 2.05) is 40.5 Å². The van der Waals surface area contributed by atoms with Gasteiger partial charge < -0.3 is 15.0 Å². The number of rotatable bonds is 4. The predicted octanol–water partition coefficient (Wildman–Crippen LogP) is 1.26. The minimum atomic E-state index is -0.146. The Morgan fingerprint density at radius 2 is 2.19 bits per heavy atom. The summed E-state index contributed by atoms with van der Waals surface area (Å²) in [5.41, 5.74) is 0.866. The highest BCUT2D eigenvalue weighted by atomic mass is 32.1. The molecule has 2 heterocycles. The smallest absolute Gasteiger partial charge is 0.263 e. The van der Waals surface area contributed by atoms with E-state index in [0.717, 1.165) is 5.69 Å². The summed E-state index contributed by atoms with van der Waals surface area (Å²) in [4.78, 5) is 12.4. The Balaban J connectivity index is 2.23. The summed E-state index contributed by atoms with van der Waals surface area (Å²) in [7, 11) is 0. The molecule has 0 bridgehead atoms. The zero-order valence-electron chi connectivity index (χ0n) is 8.59. The first kappa shape index (κ1) is 10.9. The molecule has 2 aromatic rings. The summed E-state index contributed by atoms with van der Waals surface area (Å²) < 4.78 is 1.89. The van der Waals surface area contributed by atoms with Gasteiger partial charge in [-0.05, 0) is 23.6 Å². The fourth-order valence-electron chi connectivity index (χ4n) is 1.42. The van der Waals surface area contributed by atoms with Crippen LogP contribution in [0.25, 0.3) is 5.69 Å². The lowest BCUT2D eigenvalue weighted by Crippen LogP contribution is -2.26. The molecule has 0 aliphatic rings. The zero-order valence-corrected chi connectivity index (χ0v) is 9.41. The third-order valence-electron chi connectivity index (χ3n) is 2.13. The van der Waals surface area contributed by atoms with Crippen molar-refractivity contribution in [3.05, 3.63) is 40.8 Å². The lowest BCUT2D eigenvalue weighted by atomic mass is 10.3. The van der Waals surface area contributed by atoms with Gasteiger partial charge in [-0.25, -0.2) is 0 Å². The highest BCUT2D eigenvalue weighted by Crippen LogP contribution is 2.20. The van der Waals surface area contributed by atoms with Crippen molar-refractivity contribution in [2.24, 2.45) is 0 Å². The molecule has 0 unspecified atom stereocenters. The van der Waals surface area contributed by atoms with Crippen molar-refractivity contribution in [2.45, 2.75) is 0 Å². The summed E-state index contributed by atoms with van der Waals surface area (Å²) in [5.74, 6) is -0.146. The van der Waals surface area contributed by atoms with Gasteiger partial charge >= 0.3 is 0 Å². The van der Waals surface area contributed by atoms with E-state index >= 15 is 0 Å². The molecule has 0 aliphatic heterocycles. The van der Waals surface area contributed by atoms with Gasteiger partial charge in [0.15, 0.2) is 0 Å². The number of aliphatic hydroxyl groups excluding tert-OH is 1. The van der Waals surface area contributed by atoms with Crippen LogP contribution < -0.4 is 5.32 Å². The maximum Gasteiger partial charge on any atom is 0.263 e. The van der Waals surface area contributed by atoms with E-state index < -0.39 is 0 Å². The maximum atomic E-state index is 11.8. The standard InChI is InChI=1S/C11H12N2O2S/c14-7-4-12-11(15)10-9(3-8-16-10)13-5-1-2-6-13/h1-3,5-6,8,14H,4,7H2,(H,12,15). The second-order valence-electron chi connectivity index (χ2n) is 3.20. The van der Waals surface area contributed by atoms with Crippen LogP contribution in [0.5, 0.6) is 0 Å². The first-order chi connectivity index (χ1) is 7.83. The van der Waals surface area contributed by atoms with Crippen molar-refractivity contribution < 1.29 is 9.90 Å². The molecule has 2 N–H and O–H groups in total. The summed E-state index contributed by atoms with van der Waals surface area (Å²) in [6, 6.07) is 5.72. The Morgan fingerprint density at radius 1 is 1.44 bits per heavy atom. The topological polar surface area (TPSA) is 54.3 Å². The first-order valence-electron chi connectivity index (χ1n) is 4.93. The average Bonchev–Trinajstić information content (AvgIpc) is 2.94. The molecule has 0 radical (unpaired) electrons. The molecular weight excluding hydrogens is 224 g/mol. The number of hydrogen-bond acceptors (Lipinski definition) is 3. The molecule has 84 valence electrons. The van der Waals surface area contributed by atoms with Crippen LogP contribution in [-0.2, 0) is 0 Å². The van der Waals surface area contributed by atoms with Gasteiger partial charge in [0.25, 0.3) is 5.91 Å². The number of nitrogens with one attached hydrogen (secondary N) is 1. The summed E-state index contributed by atoms with van der Waals surface area (Å²) in [6.07, 6.45) is 3.79. The molecule has 0 saturated heterocycles.